The molecule has 0 spiro atoms. The van der Waals surface area contributed by atoms with E-state index in [1.807, 2.05) is 24.3 Å². The molecule has 0 aliphatic carbocycles. The van der Waals surface area contributed by atoms with Crippen LogP contribution >= 0.6 is 0 Å². The summed E-state index contributed by atoms with van der Waals surface area (Å²) >= 11 is 0. The van der Waals surface area contributed by atoms with Crippen molar-refractivity contribution >= 4 is 16.5 Å². The van der Waals surface area contributed by atoms with Crippen molar-refractivity contribution in [1.82, 2.24) is 0 Å². The van der Waals surface area contributed by atoms with Gasteiger partial charge in [0.1, 0.15) is 0 Å². The van der Waals surface area contributed by atoms with Gasteiger partial charge in [0.15, 0.2) is 11.5 Å². The zero-order chi connectivity index (χ0) is 16.9. The molecule has 1 heterocycles. The van der Waals surface area contributed by atoms with Gasteiger partial charge in [-0.25, -0.2) is 0 Å². The lowest BCUT2D eigenvalue weighted by Crippen LogP contribution is -2.06. The van der Waals surface area contributed by atoms with Crippen molar-refractivity contribution in [2.45, 2.75) is 25.6 Å². The van der Waals surface area contributed by atoms with Gasteiger partial charge in [0, 0.05) is 47.0 Å². The van der Waals surface area contributed by atoms with Crippen molar-refractivity contribution < 1.29 is 13.7 Å². The summed E-state index contributed by atoms with van der Waals surface area (Å²) in [5.41, 5.74) is 4.41. The second-order valence-corrected chi connectivity index (χ2v) is 7.39. The van der Waals surface area contributed by atoms with E-state index in [-0.39, 0.29) is 0 Å². The predicted molar refractivity (Wildman–Crippen MR) is 98.3 cm³/mol. The molecule has 128 valence electrons. The van der Waals surface area contributed by atoms with Gasteiger partial charge in [-0.2, -0.15) is 0 Å². The summed E-state index contributed by atoms with van der Waals surface area (Å²) in [5.74, 6) is 2.24. The zero-order valence-electron chi connectivity index (χ0n) is 14.1. The third kappa shape index (κ3) is 3.90. The first-order valence-electron chi connectivity index (χ1n) is 8.15. The van der Waals surface area contributed by atoms with Crippen molar-refractivity contribution in [3.8, 4) is 11.5 Å². The lowest BCUT2D eigenvalue weighted by atomic mass is 10.1. The molecule has 4 nitrogen and oxygen atoms in total. The van der Waals surface area contributed by atoms with E-state index in [0.29, 0.717) is 25.5 Å². The van der Waals surface area contributed by atoms with E-state index in [0.717, 1.165) is 40.3 Å². The van der Waals surface area contributed by atoms with Gasteiger partial charge in [0.05, 0.1) is 13.2 Å². The molecule has 3 rings (SSSR count). The summed E-state index contributed by atoms with van der Waals surface area (Å²) < 4.78 is 23.1. The van der Waals surface area contributed by atoms with Crippen molar-refractivity contribution in [2.75, 3.05) is 24.8 Å². The van der Waals surface area contributed by atoms with Crippen LogP contribution < -0.4 is 14.8 Å². The van der Waals surface area contributed by atoms with Crippen molar-refractivity contribution in [3.05, 3.63) is 53.1 Å². The average molecular weight is 345 g/mol. The summed E-state index contributed by atoms with van der Waals surface area (Å²) in [4.78, 5) is 0. The van der Waals surface area contributed by atoms with E-state index >= 15 is 0 Å². The smallest absolute Gasteiger partial charge is 0.166 e. The molecule has 24 heavy (non-hydrogen) atoms. The van der Waals surface area contributed by atoms with Gasteiger partial charge in [-0.15, -0.1) is 0 Å². The molecule has 0 aromatic heterocycles. The SMILES string of the molecule is Cc1c(C[S@@](C)=O)cccc1NCc1cccc2c1OCCCO2. The predicted octanol–water partition coefficient (Wildman–Crippen LogP) is 3.65. The molecule has 5 heteroatoms. The van der Waals surface area contributed by atoms with E-state index in [2.05, 4.69) is 24.4 Å². The number of para-hydroxylation sites is 1. The number of hydrogen-bond acceptors (Lipinski definition) is 4. The van der Waals surface area contributed by atoms with Gasteiger partial charge >= 0.3 is 0 Å². The Kier molecular flexibility index (Phi) is 5.41. The van der Waals surface area contributed by atoms with E-state index in [9.17, 15) is 4.21 Å². The Morgan fingerprint density at radius 1 is 1.08 bits per heavy atom. The largest absolute Gasteiger partial charge is 0.490 e. The molecule has 1 aliphatic rings. The van der Waals surface area contributed by atoms with Crippen molar-refractivity contribution in [2.24, 2.45) is 0 Å². The molecule has 0 radical (unpaired) electrons. The highest BCUT2D eigenvalue weighted by molar-refractivity contribution is 7.83. The Labute approximate surface area is 145 Å². The number of hydrogen-bond donors (Lipinski definition) is 1. The summed E-state index contributed by atoms with van der Waals surface area (Å²) in [7, 11) is -0.843. The molecule has 0 saturated heterocycles. The van der Waals surface area contributed by atoms with Crippen LogP contribution in [0, 0.1) is 6.92 Å². The third-order valence-electron chi connectivity index (χ3n) is 4.13. The number of rotatable bonds is 5. The maximum Gasteiger partial charge on any atom is 0.166 e. The van der Waals surface area contributed by atoms with Crippen molar-refractivity contribution in [1.29, 1.82) is 0 Å². The van der Waals surface area contributed by atoms with Gasteiger partial charge in [0.2, 0.25) is 0 Å². The van der Waals surface area contributed by atoms with Gasteiger partial charge in [-0.05, 0) is 30.2 Å². The molecule has 0 amide bonds. The fraction of sp³-hybridized carbons (Fsp3) is 0.368. The molecule has 0 saturated carbocycles. The van der Waals surface area contributed by atoms with Crippen LogP contribution in [-0.4, -0.2) is 23.7 Å². The van der Waals surface area contributed by atoms with Crippen LogP contribution in [-0.2, 0) is 23.1 Å². The van der Waals surface area contributed by atoms with Crippen LogP contribution in [0.1, 0.15) is 23.1 Å². The van der Waals surface area contributed by atoms with Crippen LogP contribution in [0.25, 0.3) is 0 Å². The first-order valence-corrected chi connectivity index (χ1v) is 9.88. The maximum atomic E-state index is 11.5. The molecular formula is C19H23NO3S. The summed E-state index contributed by atoms with van der Waals surface area (Å²) in [6, 6.07) is 12.1. The number of fused-ring (bicyclic) bond motifs is 1. The minimum absolute atomic E-state index is 0.582. The molecule has 0 fully saturated rings. The molecule has 1 N–H and O–H groups in total. The second kappa shape index (κ2) is 7.71. The van der Waals surface area contributed by atoms with Gasteiger partial charge < -0.3 is 14.8 Å². The molecular weight excluding hydrogens is 322 g/mol. The second-order valence-electron chi connectivity index (χ2n) is 5.96. The fourth-order valence-corrected chi connectivity index (χ4v) is 3.58. The Balaban J connectivity index is 1.78. The molecule has 2 aromatic rings. The fourth-order valence-electron chi connectivity index (χ4n) is 2.83. The van der Waals surface area contributed by atoms with Gasteiger partial charge in [-0.1, -0.05) is 24.3 Å². The van der Waals surface area contributed by atoms with Crippen LogP contribution in [0.15, 0.2) is 36.4 Å². The number of ether oxygens (including phenoxy) is 2. The van der Waals surface area contributed by atoms with Crippen LogP contribution in [0.3, 0.4) is 0 Å². The summed E-state index contributed by atoms with van der Waals surface area (Å²) in [5, 5.41) is 3.48. The quantitative estimate of drug-likeness (QED) is 0.899. The van der Waals surface area contributed by atoms with E-state index < -0.39 is 10.8 Å². The highest BCUT2D eigenvalue weighted by Crippen LogP contribution is 2.34. The van der Waals surface area contributed by atoms with E-state index in [1.54, 1.807) is 6.26 Å². The Morgan fingerprint density at radius 2 is 1.83 bits per heavy atom. The standard InChI is InChI=1S/C19H23NO3S/c1-14-16(13-24(2)21)7-3-8-17(14)20-12-15-6-4-9-18-19(15)23-11-5-10-22-18/h3-4,6-9,20H,5,10-13H2,1-2H3/t24-/m1/s1. The molecule has 0 unspecified atom stereocenters. The summed E-state index contributed by atoms with van der Waals surface area (Å²) in [6.45, 7) is 4.10. The minimum atomic E-state index is -0.843. The van der Waals surface area contributed by atoms with Crippen LogP contribution in [0.5, 0.6) is 11.5 Å². The highest BCUT2D eigenvalue weighted by atomic mass is 32.2. The van der Waals surface area contributed by atoms with Gasteiger partial charge in [0.25, 0.3) is 0 Å². The first kappa shape index (κ1) is 16.8. The van der Waals surface area contributed by atoms with Crippen LogP contribution in [0.2, 0.25) is 0 Å². The molecule has 2 aromatic carbocycles. The Bertz CT molecular complexity index is 745. The maximum absolute atomic E-state index is 11.5. The molecule has 1 aliphatic heterocycles. The topological polar surface area (TPSA) is 47.6 Å². The minimum Gasteiger partial charge on any atom is -0.490 e. The number of benzene rings is 2. The molecule has 0 bridgehead atoms. The Morgan fingerprint density at radius 3 is 2.67 bits per heavy atom. The third-order valence-corrected chi connectivity index (χ3v) is 4.84. The number of anilines is 1. The van der Waals surface area contributed by atoms with Crippen molar-refractivity contribution in [3.63, 3.8) is 0 Å². The monoisotopic (exact) mass is 345 g/mol. The first-order chi connectivity index (χ1) is 11.6. The Hall–Kier alpha value is -2.01. The van der Waals surface area contributed by atoms with Gasteiger partial charge in [-0.3, -0.25) is 4.21 Å². The lowest BCUT2D eigenvalue weighted by molar-refractivity contribution is 0.296. The van der Waals surface area contributed by atoms with Crippen LogP contribution in [0.4, 0.5) is 5.69 Å². The highest BCUT2D eigenvalue weighted by Gasteiger charge is 2.14. The summed E-state index contributed by atoms with van der Waals surface area (Å²) in [6.07, 6.45) is 2.63. The molecule has 1 atom stereocenters. The van der Waals surface area contributed by atoms with E-state index in [4.69, 9.17) is 9.47 Å². The average Bonchev–Trinajstić information content (AvgIpc) is 2.81. The lowest BCUT2D eigenvalue weighted by Gasteiger charge is -2.16. The normalized spacial score (nSPS) is 14.8. The van der Waals surface area contributed by atoms with E-state index in [1.165, 1.54) is 0 Å². The zero-order valence-corrected chi connectivity index (χ0v) is 14.9. The number of nitrogens with one attached hydrogen (secondary N) is 1.